The van der Waals surface area contributed by atoms with Gasteiger partial charge in [0.05, 0.1) is 6.10 Å². The van der Waals surface area contributed by atoms with E-state index in [4.69, 9.17) is 0 Å². The molecule has 1 atom stereocenters. The van der Waals surface area contributed by atoms with Crippen LogP contribution in [0, 0.1) is 23.4 Å². The molecule has 2 N–H and O–H groups in total. The van der Waals surface area contributed by atoms with Gasteiger partial charge >= 0.3 is 0 Å². The van der Waals surface area contributed by atoms with E-state index in [0.717, 1.165) is 0 Å². The van der Waals surface area contributed by atoms with Gasteiger partial charge in [0.1, 0.15) is 10.7 Å². The summed E-state index contributed by atoms with van der Waals surface area (Å²) < 4.78 is 66.1. The van der Waals surface area contributed by atoms with Crippen LogP contribution in [0.2, 0.25) is 0 Å². The number of sulfonamides is 1. The van der Waals surface area contributed by atoms with Gasteiger partial charge in [-0.2, -0.15) is 0 Å². The zero-order valence-corrected chi connectivity index (χ0v) is 12.1. The van der Waals surface area contributed by atoms with Gasteiger partial charge in [0.2, 0.25) is 10.0 Å². The Morgan fingerprint density at radius 3 is 2.33 bits per heavy atom. The molecule has 1 saturated carbocycles. The molecule has 1 fully saturated rings. The number of hydrogen-bond donors (Lipinski definition) is 2. The first kappa shape index (κ1) is 16.3. The predicted molar refractivity (Wildman–Crippen MR) is 69.4 cm³/mol. The Balaban J connectivity index is 2.23. The van der Waals surface area contributed by atoms with E-state index in [-0.39, 0.29) is 12.0 Å². The lowest BCUT2D eigenvalue weighted by molar-refractivity contribution is 0.0277. The lowest BCUT2D eigenvalue weighted by Gasteiger charge is -2.37. The van der Waals surface area contributed by atoms with Gasteiger partial charge in [-0.15, -0.1) is 0 Å². The first-order valence-electron chi connectivity index (χ1n) is 6.59. The Morgan fingerprint density at radius 2 is 1.81 bits per heavy atom. The summed E-state index contributed by atoms with van der Waals surface area (Å²) >= 11 is 0. The minimum absolute atomic E-state index is 0.0480. The number of rotatable bonds is 5. The fourth-order valence-corrected chi connectivity index (χ4v) is 3.90. The van der Waals surface area contributed by atoms with Crippen molar-refractivity contribution in [1.82, 2.24) is 4.72 Å². The van der Waals surface area contributed by atoms with Gasteiger partial charge in [0.25, 0.3) is 0 Å². The van der Waals surface area contributed by atoms with Gasteiger partial charge in [-0.25, -0.2) is 26.3 Å². The van der Waals surface area contributed by atoms with Crippen molar-refractivity contribution in [3.05, 3.63) is 29.6 Å². The highest BCUT2D eigenvalue weighted by Crippen LogP contribution is 2.32. The number of halogens is 3. The zero-order chi connectivity index (χ0) is 15.8. The summed E-state index contributed by atoms with van der Waals surface area (Å²) in [7, 11) is -4.29. The van der Waals surface area contributed by atoms with E-state index in [1.54, 1.807) is 6.92 Å². The van der Waals surface area contributed by atoms with E-state index in [0.29, 0.717) is 25.3 Å². The van der Waals surface area contributed by atoms with Crippen molar-refractivity contribution < 1.29 is 26.7 Å². The van der Waals surface area contributed by atoms with Crippen LogP contribution in [0.4, 0.5) is 13.2 Å². The van der Waals surface area contributed by atoms with Gasteiger partial charge in [0, 0.05) is 12.1 Å². The second-order valence-corrected chi connectivity index (χ2v) is 6.90. The predicted octanol–water partition coefficient (Wildman–Crippen LogP) is 1.93. The van der Waals surface area contributed by atoms with Crippen LogP contribution in [0.25, 0.3) is 0 Å². The third-order valence-electron chi connectivity index (χ3n) is 3.73. The number of nitrogens with one attached hydrogen (secondary N) is 1. The molecule has 1 aromatic carbocycles. The molecule has 2 rings (SSSR count). The van der Waals surface area contributed by atoms with Crippen LogP contribution in [-0.4, -0.2) is 25.7 Å². The maximum absolute atomic E-state index is 13.6. The molecule has 0 saturated heterocycles. The molecular formula is C13H16F3NO3S. The number of benzene rings is 1. The Labute approximate surface area is 121 Å². The third-order valence-corrected chi connectivity index (χ3v) is 5.23. The Hall–Kier alpha value is -1.12. The van der Waals surface area contributed by atoms with Crippen molar-refractivity contribution in [3.8, 4) is 0 Å². The minimum atomic E-state index is -4.29. The summed E-state index contributed by atoms with van der Waals surface area (Å²) in [5, 5.41) is 9.26. The smallest absolute Gasteiger partial charge is 0.243 e. The Kier molecular flexibility index (Phi) is 4.60. The fourth-order valence-electron chi connectivity index (χ4n) is 2.44. The lowest BCUT2D eigenvalue weighted by Crippen LogP contribution is -2.46. The van der Waals surface area contributed by atoms with E-state index in [1.165, 1.54) is 0 Å². The van der Waals surface area contributed by atoms with Crippen molar-refractivity contribution in [3.63, 3.8) is 0 Å². The average molecular weight is 323 g/mol. The molecule has 0 aromatic heterocycles. The molecule has 0 unspecified atom stereocenters. The molecule has 0 spiro atoms. The van der Waals surface area contributed by atoms with Crippen molar-refractivity contribution in [1.29, 1.82) is 0 Å². The largest absolute Gasteiger partial charge is 0.393 e. The maximum Gasteiger partial charge on any atom is 0.243 e. The molecule has 118 valence electrons. The molecule has 0 bridgehead atoms. The molecule has 0 amide bonds. The van der Waals surface area contributed by atoms with Crippen LogP contribution < -0.4 is 4.72 Å². The Bertz CT molecular complexity index is 630. The molecule has 21 heavy (non-hydrogen) atoms. The molecule has 8 heteroatoms. The van der Waals surface area contributed by atoms with Crippen LogP contribution >= 0.6 is 0 Å². The van der Waals surface area contributed by atoms with Gasteiger partial charge in [0.15, 0.2) is 11.6 Å². The van der Waals surface area contributed by atoms with Crippen LogP contribution in [0.15, 0.2) is 17.0 Å². The summed E-state index contributed by atoms with van der Waals surface area (Å²) in [5.74, 6) is -4.26. The number of aliphatic hydroxyl groups is 1. The Morgan fingerprint density at radius 1 is 1.24 bits per heavy atom. The van der Waals surface area contributed by atoms with Crippen LogP contribution in [0.5, 0.6) is 0 Å². The maximum atomic E-state index is 13.6. The van der Waals surface area contributed by atoms with Gasteiger partial charge in [-0.05, 0) is 31.2 Å². The van der Waals surface area contributed by atoms with Crippen LogP contribution in [0.3, 0.4) is 0 Å². The molecule has 1 aliphatic rings. The summed E-state index contributed by atoms with van der Waals surface area (Å²) in [6.45, 7) is 1.75. The zero-order valence-electron chi connectivity index (χ0n) is 11.3. The number of aliphatic hydroxyl groups excluding tert-OH is 1. The van der Waals surface area contributed by atoms with Crippen molar-refractivity contribution in [2.24, 2.45) is 5.92 Å². The highest BCUT2D eigenvalue weighted by molar-refractivity contribution is 7.89. The van der Waals surface area contributed by atoms with E-state index in [2.05, 4.69) is 4.72 Å². The van der Waals surface area contributed by atoms with E-state index in [1.807, 2.05) is 0 Å². The average Bonchev–Trinajstić information content (AvgIpc) is 2.36. The standard InChI is InChI=1S/C13H16F3NO3S/c1-2-12(7-3-8(18)4-7)17-21(19,20)13-6-10(15)9(14)5-11(13)16/h5-8,12,17-18H,2-4H2,1H3/t7?,8?,12-/m0/s1. The lowest BCUT2D eigenvalue weighted by atomic mass is 9.77. The molecular weight excluding hydrogens is 307 g/mol. The summed E-state index contributed by atoms with van der Waals surface area (Å²) in [4.78, 5) is -0.917. The molecule has 1 aromatic rings. The van der Waals surface area contributed by atoms with Crippen molar-refractivity contribution in [2.75, 3.05) is 0 Å². The molecule has 1 aliphatic carbocycles. The SMILES string of the molecule is CC[C@H](NS(=O)(=O)c1cc(F)c(F)cc1F)C1CC(O)C1. The van der Waals surface area contributed by atoms with E-state index >= 15 is 0 Å². The molecule has 0 aliphatic heterocycles. The minimum Gasteiger partial charge on any atom is -0.393 e. The topological polar surface area (TPSA) is 66.4 Å². The van der Waals surface area contributed by atoms with Crippen molar-refractivity contribution >= 4 is 10.0 Å². The summed E-state index contributed by atoms with van der Waals surface area (Å²) in [6, 6.07) is 0.0544. The van der Waals surface area contributed by atoms with Crippen molar-refractivity contribution in [2.45, 2.75) is 43.2 Å². The fraction of sp³-hybridized carbons (Fsp3) is 0.538. The van der Waals surface area contributed by atoms with E-state index < -0.39 is 44.5 Å². The van der Waals surface area contributed by atoms with E-state index in [9.17, 15) is 26.7 Å². The highest BCUT2D eigenvalue weighted by atomic mass is 32.2. The monoisotopic (exact) mass is 323 g/mol. The van der Waals surface area contributed by atoms with Gasteiger partial charge in [-0.3, -0.25) is 0 Å². The second-order valence-electron chi connectivity index (χ2n) is 5.22. The second kappa shape index (κ2) is 5.94. The normalized spacial score (nSPS) is 23.7. The molecule has 0 radical (unpaired) electrons. The summed E-state index contributed by atoms with van der Waals surface area (Å²) in [6.07, 6.45) is 0.915. The van der Waals surface area contributed by atoms with Crippen LogP contribution in [0.1, 0.15) is 26.2 Å². The first-order chi connectivity index (χ1) is 9.74. The van der Waals surface area contributed by atoms with Gasteiger partial charge < -0.3 is 5.11 Å². The quantitative estimate of drug-likeness (QED) is 0.814. The van der Waals surface area contributed by atoms with Gasteiger partial charge in [-0.1, -0.05) is 6.92 Å². The first-order valence-corrected chi connectivity index (χ1v) is 8.07. The highest BCUT2D eigenvalue weighted by Gasteiger charge is 2.36. The van der Waals surface area contributed by atoms with Crippen LogP contribution in [-0.2, 0) is 10.0 Å². The third kappa shape index (κ3) is 3.38. The molecule has 4 nitrogen and oxygen atoms in total. The number of hydrogen-bond acceptors (Lipinski definition) is 3. The molecule has 0 heterocycles. The summed E-state index contributed by atoms with van der Waals surface area (Å²) in [5.41, 5.74) is 0.